The molecule has 1 aliphatic heterocycles. The van der Waals surface area contributed by atoms with E-state index in [2.05, 4.69) is 21.6 Å². The largest absolute Gasteiger partial charge is 0.493 e. The predicted molar refractivity (Wildman–Crippen MR) is 110 cm³/mol. The summed E-state index contributed by atoms with van der Waals surface area (Å²) in [6.07, 6.45) is 0. The third kappa shape index (κ3) is 4.76. The zero-order valence-electron chi connectivity index (χ0n) is 16.5. The molecule has 152 valence electrons. The Hall–Kier alpha value is -2.29. The Morgan fingerprint density at radius 2 is 1.57 bits per heavy atom. The minimum absolute atomic E-state index is 0.138. The molecule has 3 rings (SSSR count). The van der Waals surface area contributed by atoms with Gasteiger partial charge < -0.3 is 19.3 Å². The molecule has 1 N–H and O–H groups in total. The summed E-state index contributed by atoms with van der Waals surface area (Å²) >= 11 is 0. The molecule has 8 heteroatoms. The number of methoxy groups -OCH3 is 2. The smallest absolute Gasteiger partial charge is 0.241 e. The van der Waals surface area contributed by atoms with E-state index < -0.39 is 10.0 Å². The number of likely N-dealkylation sites (N-methyl/N-ethyl adjacent to an activating group) is 1. The molecule has 0 saturated carbocycles. The molecule has 0 bridgehead atoms. The molecule has 1 heterocycles. The van der Waals surface area contributed by atoms with Crippen LogP contribution in [0.25, 0.3) is 0 Å². The summed E-state index contributed by atoms with van der Waals surface area (Å²) in [6.45, 7) is 4.32. The van der Waals surface area contributed by atoms with Crippen LogP contribution in [0.4, 0.5) is 5.69 Å². The van der Waals surface area contributed by atoms with Gasteiger partial charge in [-0.05, 0) is 36.9 Å². The Morgan fingerprint density at radius 3 is 2.18 bits per heavy atom. The van der Waals surface area contributed by atoms with Gasteiger partial charge in [0.05, 0.1) is 19.1 Å². The van der Waals surface area contributed by atoms with Gasteiger partial charge in [-0.3, -0.25) is 0 Å². The van der Waals surface area contributed by atoms with Gasteiger partial charge in [0.15, 0.2) is 11.5 Å². The normalized spacial score (nSPS) is 15.5. The van der Waals surface area contributed by atoms with Crippen molar-refractivity contribution in [1.29, 1.82) is 0 Å². The number of rotatable bonds is 7. The van der Waals surface area contributed by atoms with E-state index in [0.717, 1.165) is 31.7 Å². The van der Waals surface area contributed by atoms with Crippen LogP contribution in [0.5, 0.6) is 11.5 Å². The first-order chi connectivity index (χ1) is 13.4. The van der Waals surface area contributed by atoms with Crippen molar-refractivity contribution < 1.29 is 17.9 Å². The summed E-state index contributed by atoms with van der Waals surface area (Å²) in [6, 6.07) is 12.6. The number of nitrogens with one attached hydrogen (secondary N) is 1. The van der Waals surface area contributed by atoms with Gasteiger partial charge in [0.2, 0.25) is 10.0 Å². The molecule has 2 aromatic rings. The van der Waals surface area contributed by atoms with Gasteiger partial charge in [-0.15, -0.1) is 0 Å². The van der Waals surface area contributed by atoms with Crippen LogP contribution < -0.4 is 19.1 Å². The van der Waals surface area contributed by atoms with E-state index in [1.165, 1.54) is 32.0 Å². The third-order valence-corrected chi connectivity index (χ3v) is 6.34. The Balaban J connectivity index is 1.64. The molecular weight excluding hydrogens is 378 g/mol. The van der Waals surface area contributed by atoms with Crippen LogP contribution >= 0.6 is 0 Å². The van der Waals surface area contributed by atoms with Crippen LogP contribution in [0, 0.1) is 0 Å². The van der Waals surface area contributed by atoms with Gasteiger partial charge in [-0.25, -0.2) is 13.1 Å². The van der Waals surface area contributed by atoms with Crippen molar-refractivity contribution in [2.75, 3.05) is 52.3 Å². The van der Waals surface area contributed by atoms with E-state index in [9.17, 15) is 8.42 Å². The maximum absolute atomic E-state index is 12.6. The third-order valence-electron chi connectivity index (χ3n) is 4.94. The van der Waals surface area contributed by atoms with Crippen LogP contribution in [-0.4, -0.2) is 60.8 Å². The highest BCUT2D eigenvalue weighted by atomic mass is 32.2. The van der Waals surface area contributed by atoms with Crippen molar-refractivity contribution >= 4 is 15.7 Å². The Labute approximate surface area is 166 Å². The molecule has 0 aliphatic carbocycles. The standard InChI is InChI=1S/C20H27N3O4S/c1-22-10-12-23(13-11-22)17-6-4-16(5-7-17)15-21-28(24,25)18-8-9-19(26-2)20(14-18)27-3/h4-9,14,21H,10-13,15H2,1-3H3. The van der Waals surface area contributed by atoms with Crippen molar-refractivity contribution in [1.82, 2.24) is 9.62 Å². The molecule has 0 spiro atoms. The number of ether oxygens (including phenoxy) is 2. The van der Waals surface area contributed by atoms with Crippen LogP contribution in [0.15, 0.2) is 47.4 Å². The van der Waals surface area contributed by atoms with Crippen molar-refractivity contribution in [2.45, 2.75) is 11.4 Å². The molecule has 2 aromatic carbocycles. The fourth-order valence-corrected chi connectivity index (χ4v) is 4.17. The molecule has 0 atom stereocenters. The van der Waals surface area contributed by atoms with E-state index in [0.29, 0.717) is 11.5 Å². The lowest BCUT2D eigenvalue weighted by Crippen LogP contribution is -2.44. The Bertz CT molecular complexity index is 892. The molecule has 1 aliphatic rings. The van der Waals surface area contributed by atoms with Crippen molar-refractivity contribution in [3.8, 4) is 11.5 Å². The number of hydrogen-bond donors (Lipinski definition) is 1. The van der Waals surface area contributed by atoms with Crippen LogP contribution in [0.1, 0.15) is 5.56 Å². The van der Waals surface area contributed by atoms with Gasteiger partial charge >= 0.3 is 0 Å². The minimum atomic E-state index is -3.65. The van der Waals surface area contributed by atoms with Gasteiger partial charge in [0.1, 0.15) is 0 Å². The summed E-state index contributed by atoms with van der Waals surface area (Å²) in [7, 11) is 1.46. The topological polar surface area (TPSA) is 71.1 Å². The maximum Gasteiger partial charge on any atom is 0.241 e. The lowest BCUT2D eigenvalue weighted by molar-refractivity contribution is 0.313. The minimum Gasteiger partial charge on any atom is -0.493 e. The van der Waals surface area contributed by atoms with Crippen molar-refractivity contribution in [3.63, 3.8) is 0 Å². The summed E-state index contributed by atoms with van der Waals surface area (Å²) in [4.78, 5) is 4.80. The monoisotopic (exact) mass is 405 g/mol. The second-order valence-electron chi connectivity index (χ2n) is 6.80. The number of anilines is 1. The van der Waals surface area contributed by atoms with Gasteiger partial charge in [0.25, 0.3) is 0 Å². The fourth-order valence-electron chi connectivity index (χ4n) is 3.13. The molecule has 1 saturated heterocycles. The number of benzene rings is 2. The zero-order valence-corrected chi connectivity index (χ0v) is 17.3. The highest BCUT2D eigenvalue weighted by molar-refractivity contribution is 7.89. The van der Waals surface area contributed by atoms with Crippen LogP contribution in [0.3, 0.4) is 0 Å². The Kier molecular flexibility index (Phi) is 6.43. The maximum atomic E-state index is 12.6. The molecular formula is C20H27N3O4S. The number of sulfonamides is 1. The SMILES string of the molecule is COc1ccc(S(=O)(=O)NCc2ccc(N3CCN(C)CC3)cc2)cc1OC. The number of hydrogen-bond acceptors (Lipinski definition) is 6. The first-order valence-electron chi connectivity index (χ1n) is 9.17. The van der Waals surface area contributed by atoms with E-state index in [1.54, 1.807) is 6.07 Å². The molecule has 0 unspecified atom stereocenters. The zero-order chi connectivity index (χ0) is 20.1. The molecule has 1 fully saturated rings. The van der Waals surface area contributed by atoms with E-state index >= 15 is 0 Å². The van der Waals surface area contributed by atoms with Gasteiger partial charge in [0, 0.05) is 44.5 Å². The summed E-state index contributed by atoms with van der Waals surface area (Å²) in [5.74, 6) is 0.864. The van der Waals surface area contributed by atoms with Crippen molar-refractivity contribution in [2.24, 2.45) is 0 Å². The van der Waals surface area contributed by atoms with Gasteiger partial charge in [-0.1, -0.05) is 12.1 Å². The second kappa shape index (κ2) is 8.81. The first-order valence-corrected chi connectivity index (χ1v) is 10.7. The molecule has 0 radical (unpaired) electrons. The molecule has 0 aromatic heterocycles. The molecule has 0 amide bonds. The van der Waals surface area contributed by atoms with E-state index in [4.69, 9.17) is 9.47 Å². The quantitative estimate of drug-likeness (QED) is 0.759. The lowest BCUT2D eigenvalue weighted by atomic mass is 10.2. The summed E-state index contributed by atoms with van der Waals surface area (Å²) < 4.78 is 38.2. The number of nitrogens with zero attached hydrogens (tertiary/aromatic N) is 2. The fraction of sp³-hybridized carbons (Fsp3) is 0.400. The number of piperazine rings is 1. The predicted octanol–water partition coefficient (Wildman–Crippen LogP) is 1.93. The highest BCUT2D eigenvalue weighted by Gasteiger charge is 2.17. The summed E-state index contributed by atoms with van der Waals surface area (Å²) in [5.41, 5.74) is 2.07. The molecule has 28 heavy (non-hydrogen) atoms. The van der Waals surface area contributed by atoms with Crippen molar-refractivity contribution in [3.05, 3.63) is 48.0 Å². The Morgan fingerprint density at radius 1 is 0.929 bits per heavy atom. The second-order valence-corrected chi connectivity index (χ2v) is 8.57. The highest BCUT2D eigenvalue weighted by Crippen LogP contribution is 2.29. The molecule has 7 nitrogen and oxygen atoms in total. The van der Waals surface area contributed by atoms with Crippen LogP contribution in [-0.2, 0) is 16.6 Å². The van der Waals surface area contributed by atoms with Gasteiger partial charge in [-0.2, -0.15) is 0 Å². The lowest BCUT2D eigenvalue weighted by Gasteiger charge is -2.34. The van der Waals surface area contributed by atoms with E-state index in [-0.39, 0.29) is 11.4 Å². The summed E-state index contributed by atoms with van der Waals surface area (Å²) in [5, 5.41) is 0. The average molecular weight is 406 g/mol. The van der Waals surface area contributed by atoms with Crippen LogP contribution in [0.2, 0.25) is 0 Å². The van der Waals surface area contributed by atoms with E-state index in [1.807, 2.05) is 24.3 Å². The average Bonchev–Trinajstić information content (AvgIpc) is 2.72. The first kappa shape index (κ1) is 20.4.